The van der Waals surface area contributed by atoms with Crippen LogP contribution in [-0.4, -0.2) is 30.6 Å². The van der Waals surface area contributed by atoms with Crippen LogP contribution in [0.4, 0.5) is 0 Å². The third-order valence-corrected chi connectivity index (χ3v) is 4.90. The molecule has 1 aromatic carbocycles. The van der Waals surface area contributed by atoms with Crippen LogP contribution < -0.4 is 5.32 Å². The van der Waals surface area contributed by atoms with Crippen molar-refractivity contribution in [2.75, 3.05) is 19.6 Å². The summed E-state index contributed by atoms with van der Waals surface area (Å²) >= 11 is 0. The minimum Gasteiger partial charge on any atom is -0.308 e. The highest BCUT2D eigenvalue weighted by atomic mass is 15.2. The van der Waals surface area contributed by atoms with E-state index in [0.29, 0.717) is 12.1 Å². The van der Waals surface area contributed by atoms with Crippen LogP contribution >= 0.6 is 0 Å². The van der Waals surface area contributed by atoms with Crippen molar-refractivity contribution in [1.29, 1.82) is 0 Å². The molecule has 110 valence electrons. The lowest BCUT2D eigenvalue weighted by Gasteiger charge is -2.33. The average molecular weight is 272 g/mol. The maximum Gasteiger partial charge on any atom is 0.0349 e. The van der Waals surface area contributed by atoms with Gasteiger partial charge in [0.2, 0.25) is 0 Å². The quantitative estimate of drug-likeness (QED) is 0.851. The van der Waals surface area contributed by atoms with Crippen LogP contribution in [0.1, 0.15) is 50.6 Å². The van der Waals surface area contributed by atoms with Crippen molar-refractivity contribution in [3.8, 4) is 0 Å². The molecule has 2 fully saturated rings. The summed E-state index contributed by atoms with van der Waals surface area (Å²) in [6.07, 6.45) is 6.98. The SMILES string of the molecule is CC(CNC(c1ccccc1)C1CC1)N1CCCCC1. The van der Waals surface area contributed by atoms with E-state index >= 15 is 0 Å². The zero-order chi connectivity index (χ0) is 13.8. The number of hydrogen-bond acceptors (Lipinski definition) is 2. The molecule has 0 aromatic heterocycles. The molecule has 0 radical (unpaired) electrons. The summed E-state index contributed by atoms with van der Waals surface area (Å²) in [5.41, 5.74) is 1.47. The highest BCUT2D eigenvalue weighted by Crippen LogP contribution is 2.40. The molecule has 0 bridgehead atoms. The van der Waals surface area contributed by atoms with Gasteiger partial charge in [-0.2, -0.15) is 0 Å². The minimum absolute atomic E-state index is 0.573. The molecule has 0 spiro atoms. The average Bonchev–Trinajstić information content (AvgIpc) is 3.34. The maximum absolute atomic E-state index is 3.85. The van der Waals surface area contributed by atoms with Gasteiger partial charge in [-0.1, -0.05) is 36.8 Å². The van der Waals surface area contributed by atoms with Crippen molar-refractivity contribution in [3.05, 3.63) is 35.9 Å². The molecular formula is C18H28N2. The Kier molecular flexibility index (Phi) is 4.74. The second kappa shape index (κ2) is 6.73. The molecule has 1 aliphatic carbocycles. The largest absolute Gasteiger partial charge is 0.308 e. The summed E-state index contributed by atoms with van der Waals surface area (Å²) in [6, 6.07) is 12.2. The summed E-state index contributed by atoms with van der Waals surface area (Å²) in [4.78, 5) is 2.66. The van der Waals surface area contributed by atoms with E-state index in [1.807, 2.05) is 0 Å². The van der Waals surface area contributed by atoms with Gasteiger partial charge in [-0.15, -0.1) is 0 Å². The molecule has 1 heterocycles. The molecule has 2 aliphatic rings. The van der Waals surface area contributed by atoms with E-state index in [2.05, 4.69) is 47.5 Å². The van der Waals surface area contributed by atoms with Crippen LogP contribution in [0.5, 0.6) is 0 Å². The molecule has 2 unspecified atom stereocenters. The fourth-order valence-electron chi connectivity index (χ4n) is 3.43. The highest BCUT2D eigenvalue weighted by molar-refractivity contribution is 5.21. The number of likely N-dealkylation sites (tertiary alicyclic amines) is 1. The van der Waals surface area contributed by atoms with Crippen LogP contribution in [0.3, 0.4) is 0 Å². The summed E-state index contributed by atoms with van der Waals surface area (Å²) in [7, 11) is 0. The summed E-state index contributed by atoms with van der Waals surface area (Å²) in [5.74, 6) is 0.867. The summed E-state index contributed by atoms with van der Waals surface area (Å²) in [5, 5.41) is 3.85. The Bertz CT molecular complexity index is 393. The van der Waals surface area contributed by atoms with Gasteiger partial charge >= 0.3 is 0 Å². The third kappa shape index (κ3) is 3.62. The molecule has 2 nitrogen and oxygen atoms in total. The van der Waals surface area contributed by atoms with Crippen LogP contribution in [0, 0.1) is 5.92 Å². The van der Waals surface area contributed by atoms with Crippen LogP contribution in [-0.2, 0) is 0 Å². The zero-order valence-electron chi connectivity index (χ0n) is 12.7. The lowest BCUT2D eigenvalue weighted by molar-refractivity contribution is 0.167. The van der Waals surface area contributed by atoms with Crippen LogP contribution in [0.25, 0.3) is 0 Å². The molecule has 1 saturated carbocycles. The molecule has 3 rings (SSSR count). The molecule has 1 N–H and O–H groups in total. The topological polar surface area (TPSA) is 15.3 Å². The Balaban J connectivity index is 1.54. The summed E-state index contributed by atoms with van der Waals surface area (Å²) in [6.45, 7) is 6.09. The molecule has 2 atom stereocenters. The van der Waals surface area contributed by atoms with Gasteiger partial charge in [0, 0.05) is 18.6 Å². The predicted octanol–water partition coefficient (Wildman–Crippen LogP) is 3.60. The maximum atomic E-state index is 3.85. The Morgan fingerprint density at radius 2 is 1.80 bits per heavy atom. The first-order chi connectivity index (χ1) is 9.84. The smallest absolute Gasteiger partial charge is 0.0349 e. The van der Waals surface area contributed by atoms with Crippen molar-refractivity contribution in [3.63, 3.8) is 0 Å². The van der Waals surface area contributed by atoms with Gasteiger partial charge in [0.1, 0.15) is 0 Å². The van der Waals surface area contributed by atoms with E-state index in [1.54, 1.807) is 0 Å². The van der Waals surface area contributed by atoms with Crippen molar-refractivity contribution < 1.29 is 0 Å². The zero-order valence-corrected chi connectivity index (χ0v) is 12.7. The Hall–Kier alpha value is -0.860. The molecule has 20 heavy (non-hydrogen) atoms. The fourth-order valence-corrected chi connectivity index (χ4v) is 3.43. The Morgan fingerprint density at radius 3 is 2.45 bits per heavy atom. The minimum atomic E-state index is 0.573. The van der Waals surface area contributed by atoms with Crippen molar-refractivity contribution in [2.45, 2.75) is 51.1 Å². The van der Waals surface area contributed by atoms with Gasteiger partial charge in [-0.05, 0) is 57.2 Å². The van der Waals surface area contributed by atoms with Gasteiger partial charge in [0.15, 0.2) is 0 Å². The Morgan fingerprint density at radius 1 is 1.10 bits per heavy atom. The number of nitrogens with zero attached hydrogens (tertiary/aromatic N) is 1. The second-order valence-electron chi connectivity index (χ2n) is 6.58. The number of benzene rings is 1. The van der Waals surface area contributed by atoms with Crippen LogP contribution in [0.15, 0.2) is 30.3 Å². The molecule has 2 heteroatoms. The van der Waals surface area contributed by atoms with E-state index in [-0.39, 0.29) is 0 Å². The molecule has 1 aliphatic heterocycles. The number of rotatable bonds is 6. The van der Waals surface area contributed by atoms with E-state index in [9.17, 15) is 0 Å². The van der Waals surface area contributed by atoms with E-state index in [1.165, 1.54) is 50.8 Å². The second-order valence-corrected chi connectivity index (χ2v) is 6.58. The lowest BCUT2D eigenvalue weighted by Crippen LogP contribution is -2.44. The number of hydrogen-bond donors (Lipinski definition) is 1. The third-order valence-electron chi connectivity index (χ3n) is 4.90. The van der Waals surface area contributed by atoms with Gasteiger partial charge < -0.3 is 5.32 Å². The normalized spacial score (nSPS) is 23.4. The first-order valence-electron chi connectivity index (χ1n) is 8.37. The van der Waals surface area contributed by atoms with E-state index in [0.717, 1.165) is 12.5 Å². The Labute approximate surface area is 123 Å². The van der Waals surface area contributed by atoms with Crippen molar-refractivity contribution >= 4 is 0 Å². The molecule has 1 saturated heterocycles. The van der Waals surface area contributed by atoms with E-state index in [4.69, 9.17) is 0 Å². The highest BCUT2D eigenvalue weighted by Gasteiger charge is 2.32. The van der Waals surface area contributed by atoms with Gasteiger partial charge in [-0.3, -0.25) is 4.90 Å². The van der Waals surface area contributed by atoms with Crippen molar-refractivity contribution in [1.82, 2.24) is 10.2 Å². The first kappa shape index (κ1) is 14.1. The van der Waals surface area contributed by atoms with Crippen molar-refractivity contribution in [2.24, 2.45) is 5.92 Å². The van der Waals surface area contributed by atoms with E-state index < -0.39 is 0 Å². The monoisotopic (exact) mass is 272 g/mol. The lowest BCUT2D eigenvalue weighted by atomic mass is 10.0. The van der Waals surface area contributed by atoms with Gasteiger partial charge in [0.25, 0.3) is 0 Å². The first-order valence-corrected chi connectivity index (χ1v) is 8.37. The molecular weight excluding hydrogens is 244 g/mol. The number of nitrogens with one attached hydrogen (secondary N) is 1. The van der Waals surface area contributed by atoms with Crippen LogP contribution in [0.2, 0.25) is 0 Å². The standard InChI is InChI=1S/C18H28N2/c1-15(20-12-6-3-7-13-20)14-19-18(17-10-11-17)16-8-4-2-5-9-16/h2,4-5,8-9,15,17-19H,3,6-7,10-14H2,1H3. The number of piperidine rings is 1. The molecule has 1 aromatic rings. The predicted molar refractivity (Wildman–Crippen MR) is 84.8 cm³/mol. The molecule has 0 amide bonds. The summed E-state index contributed by atoms with van der Waals surface area (Å²) < 4.78 is 0. The fraction of sp³-hybridized carbons (Fsp3) is 0.667. The van der Waals surface area contributed by atoms with Gasteiger partial charge in [0.05, 0.1) is 0 Å². The van der Waals surface area contributed by atoms with Gasteiger partial charge in [-0.25, -0.2) is 0 Å².